The summed E-state index contributed by atoms with van der Waals surface area (Å²) in [5.41, 5.74) is 6.16. The van der Waals surface area contributed by atoms with Crippen LogP contribution in [0.3, 0.4) is 0 Å². The van der Waals surface area contributed by atoms with Gasteiger partial charge in [0.25, 0.3) is 5.91 Å². The van der Waals surface area contributed by atoms with Crippen LogP contribution in [0.1, 0.15) is 66.6 Å². The Balaban J connectivity index is 1.19. The lowest BCUT2D eigenvalue weighted by Gasteiger charge is -2.32. The van der Waals surface area contributed by atoms with E-state index in [1.807, 2.05) is 80.3 Å². The average Bonchev–Trinajstić information content (AvgIpc) is 3.31. The van der Waals surface area contributed by atoms with Crippen molar-refractivity contribution in [1.29, 1.82) is 0 Å². The molecule has 3 aromatic rings. The molecule has 0 atom stereocenters. The number of carbonyl (C=O) groups is 2. The summed E-state index contributed by atoms with van der Waals surface area (Å²) in [6.45, 7) is 7.73. The molecule has 5 rings (SSSR count). The maximum absolute atomic E-state index is 13.4. The van der Waals surface area contributed by atoms with Crippen LogP contribution in [0.25, 0.3) is 11.1 Å². The van der Waals surface area contributed by atoms with E-state index >= 15 is 0 Å². The van der Waals surface area contributed by atoms with Crippen molar-refractivity contribution < 1.29 is 24.0 Å². The van der Waals surface area contributed by atoms with Crippen molar-refractivity contribution in [1.82, 2.24) is 10.2 Å². The minimum absolute atomic E-state index is 0.0468. The number of carbonyl (C=O) groups excluding carboxylic acids is 2. The highest BCUT2D eigenvalue weighted by Gasteiger charge is 2.28. The van der Waals surface area contributed by atoms with Gasteiger partial charge < -0.3 is 24.6 Å². The van der Waals surface area contributed by atoms with Gasteiger partial charge in [-0.05, 0) is 91.0 Å². The molecule has 39 heavy (non-hydrogen) atoms. The van der Waals surface area contributed by atoms with Crippen molar-refractivity contribution in [3.63, 3.8) is 0 Å². The molecule has 3 aromatic carbocycles. The Hall–Kier alpha value is -3.62. The number of ether oxygens (including phenoxy) is 1. The van der Waals surface area contributed by atoms with Crippen LogP contribution in [0, 0.1) is 0 Å². The fourth-order valence-corrected chi connectivity index (χ4v) is 5.29. The summed E-state index contributed by atoms with van der Waals surface area (Å²) in [5.74, 6) is 0.413. The summed E-state index contributed by atoms with van der Waals surface area (Å²) < 4.78 is 10.6. The number of nitrogens with one attached hydrogen (secondary N) is 1. The van der Waals surface area contributed by atoms with Gasteiger partial charge in [0.1, 0.15) is 5.60 Å². The fourth-order valence-electron chi connectivity index (χ4n) is 5.29. The zero-order valence-corrected chi connectivity index (χ0v) is 22.8. The summed E-state index contributed by atoms with van der Waals surface area (Å²) in [6.07, 6.45) is 1.36. The van der Waals surface area contributed by atoms with Gasteiger partial charge in [0.15, 0.2) is 0 Å². The van der Waals surface area contributed by atoms with Crippen LogP contribution >= 0.6 is 0 Å². The number of alkyl carbamates (subject to hydrolysis) is 1. The summed E-state index contributed by atoms with van der Waals surface area (Å²) in [5, 5.41) is 12.7. The monoisotopic (exact) mass is 526 g/mol. The van der Waals surface area contributed by atoms with Crippen molar-refractivity contribution in [2.75, 3.05) is 13.1 Å². The first-order chi connectivity index (χ1) is 18.7. The van der Waals surface area contributed by atoms with Crippen molar-refractivity contribution in [2.45, 2.75) is 58.3 Å². The number of rotatable bonds is 5. The summed E-state index contributed by atoms with van der Waals surface area (Å²) >= 11 is 0. The number of benzene rings is 3. The van der Waals surface area contributed by atoms with Gasteiger partial charge in [-0.2, -0.15) is 0 Å². The van der Waals surface area contributed by atoms with E-state index in [2.05, 4.69) is 17.4 Å². The first kappa shape index (κ1) is 27.0. The molecule has 0 aromatic heterocycles. The molecular formula is C31H35BN2O5. The largest absolute Gasteiger partial charge is 0.491 e. The molecule has 0 radical (unpaired) electrons. The molecule has 0 aliphatic carbocycles. The van der Waals surface area contributed by atoms with Gasteiger partial charge in [-0.3, -0.25) is 4.79 Å². The van der Waals surface area contributed by atoms with Crippen molar-refractivity contribution in [3.8, 4) is 11.1 Å². The van der Waals surface area contributed by atoms with Crippen LogP contribution in [0.5, 0.6) is 0 Å². The molecule has 0 spiro atoms. The van der Waals surface area contributed by atoms with E-state index in [1.165, 1.54) is 5.56 Å². The van der Waals surface area contributed by atoms with E-state index < -0.39 is 18.8 Å². The molecule has 1 fully saturated rings. The number of nitrogens with zero attached hydrogens (tertiary/aromatic N) is 1. The Labute approximate surface area is 230 Å². The molecule has 202 valence electrons. The third-order valence-corrected chi connectivity index (χ3v) is 7.29. The lowest BCUT2D eigenvalue weighted by Crippen LogP contribution is -2.38. The number of hydrogen-bond donors (Lipinski definition) is 2. The van der Waals surface area contributed by atoms with E-state index in [4.69, 9.17) is 9.39 Å². The Morgan fingerprint density at radius 1 is 1.03 bits per heavy atom. The minimum Gasteiger partial charge on any atom is -0.444 e. The number of hydrogen-bond acceptors (Lipinski definition) is 5. The maximum atomic E-state index is 13.4. The number of piperidine rings is 1. The van der Waals surface area contributed by atoms with E-state index in [9.17, 15) is 14.6 Å². The van der Waals surface area contributed by atoms with Crippen LogP contribution in [-0.2, 0) is 22.5 Å². The van der Waals surface area contributed by atoms with Crippen LogP contribution in [0.2, 0.25) is 0 Å². The Bertz CT molecular complexity index is 1360. The third kappa shape index (κ3) is 6.52. The van der Waals surface area contributed by atoms with Crippen molar-refractivity contribution in [2.24, 2.45) is 0 Å². The molecule has 0 bridgehead atoms. The average molecular weight is 526 g/mol. The summed E-state index contributed by atoms with van der Waals surface area (Å²) in [6, 6.07) is 21.9. The molecule has 2 N–H and O–H groups in total. The van der Waals surface area contributed by atoms with Crippen LogP contribution < -0.4 is 10.8 Å². The molecule has 8 heteroatoms. The minimum atomic E-state index is -0.860. The first-order valence-corrected chi connectivity index (χ1v) is 13.5. The molecule has 0 unspecified atom stereocenters. The quantitative estimate of drug-likeness (QED) is 0.474. The molecule has 2 amide bonds. The van der Waals surface area contributed by atoms with Crippen molar-refractivity contribution >= 4 is 24.6 Å². The van der Waals surface area contributed by atoms with E-state index in [0.717, 1.165) is 40.6 Å². The van der Waals surface area contributed by atoms with Crippen LogP contribution in [-0.4, -0.2) is 47.7 Å². The van der Waals surface area contributed by atoms with Gasteiger partial charge in [0.05, 0.1) is 6.61 Å². The van der Waals surface area contributed by atoms with Gasteiger partial charge >= 0.3 is 13.2 Å². The molecule has 1 saturated heterocycles. The molecular weight excluding hydrogens is 491 g/mol. The lowest BCUT2D eigenvalue weighted by molar-refractivity contribution is 0.0523. The number of fused-ring (bicyclic) bond motifs is 1. The second-order valence-electron chi connectivity index (χ2n) is 11.3. The topological polar surface area (TPSA) is 88.1 Å². The zero-order valence-electron chi connectivity index (χ0n) is 22.8. The van der Waals surface area contributed by atoms with Crippen LogP contribution in [0.15, 0.2) is 66.7 Å². The van der Waals surface area contributed by atoms with Crippen LogP contribution in [0.4, 0.5) is 4.79 Å². The predicted octanol–water partition coefficient (Wildman–Crippen LogP) is 4.62. The second-order valence-corrected chi connectivity index (χ2v) is 11.3. The Morgan fingerprint density at radius 3 is 2.54 bits per heavy atom. The normalized spacial score (nSPS) is 15.7. The Kier molecular flexibility index (Phi) is 7.77. The highest BCUT2D eigenvalue weighted by atomic mass is 16.6. The maximum Gasteiger partial charge on any atom is 0.491 e. The molecule has 0 saturated carbocycles. The zero-order chi connectivity index (χ0) is 27.6. The summed E-state index contributed by atoms with van der Waals surface area (Å²) in [7, 11) is -0.860. The molecule has 2 aliphatic rings. The number of likely N-dealkylation sites (tertiary alicyclic amines) is 1. The fraction of sp³-hybridized carbons (Fsp3) is 0.355. The molecule has 7 nitrogen and oxygen atoms in total. The third-order valence-electron chi connectivity index (χ3n) is 7.29. The molecule has 2 aliphatic heterocycles. The predicted molar refractivity (Wildman–Crippen MR) is 152 cm³/mol. The van der Waals surface area contributed by atoms with Crippen molar-refractivity contribution in [3.05, 3.63) is 89.0 Å². The first-order valence-electron chi connectivity index (χ1n) is 13.5. The van der Waals surface area contributed by atoms with E-state index in [1.54, 1.807) is 0 Å². The lowest BCUT2D eigenvalue weighted by atomic mass is 9.79. The van der Waals surface area contributed by atoms with Gasteiger partial charge in [-0.15, -0.1) is 0 Å². The highest BCUT2D eigenvalue weighted by Crippen LogP contribution is 2.30. The molecule has 2 heterocycles. The standard InChI is InChI=1S/C31H35BN2O5/c1-31(2,3)39-30(36)33-19-21-6-4-7-23(16-21)22-12-14-34(15-13-22)29(35)26-9-5-8-24(17-26)25-10-11-28-27(18-25)20-38-32(28)37/h4-11,16-18,22,37H,12-15,19-20H2,1-3H3,(H,33,36). The van der Waals surface area contributed by atoms with Gasteiger partial charge in [0.2, 0.25) is 0 Å². The SMILES string of the molecule is CC(C)(C)OC(=O)NCc1cccc(C2CCN(C(=O)c3cccc(-c4ccc5c(c4)COB5O)c3)CC2)c1. The number of amides is 2. The Morgan fingerprint density at radius 2 is 1.77 bits per heavy atom. The van der Waals surface area contributed by atoms with Gasteiger partial charge in [-0.25, -0.2) is 4.79 Å². The van der Waals surface area contributed by atoms with E-state index in [0.29, 0.717) is 37.7 Å². The second kappa shape index (κ2) is 11.2. The van der Waals surface area contributed by atoms with Gasteiger partial charge in [-0.1, -0.05) is 48.5 Å². The smallest absolute Gasteiger partial charge is 0.444 e. The van der Waals surface area contributed by atoms with Gasteiger partial charge in [0, 0.05) is 25.2 Å². The summed E-state index contributed by atoms with van der Waals surface area (Å²) in [4.78, 5) is 27.3. The highest BCUT2D eigenvalue weighted by molar-refractivity contribution is 6.61. The van der Waals surface area contributed by atoms with E-state index in [-0.39, 0.29) is 5.91 Å².